The van der Waals surface area contributed by atoms with Gasteiger partial charge in [0.15, 0.2) is 0 Å². The van der Waals surface area contributed by atoms with Crippen LogP contribution < -0.4 is 0 Å². The van der Waals surface area contributed by atoms with Gasteiger partial charge in [0.1, 0.15) is 0 Å². The van der Waals surface area contributed by atoms with E-state index in [9.17, 15) is 18.9 Å². The van der Waals surface area contributed by atoms with Crippen LogP contribution in [-0.4, -0.2) is 15.1 Å². The molecule has 0 amide bonds. The molecule has 0 aliphatic rings. The van der Waals surface area contributed by atoms with Crippen molar-refractivity contribution in [2.75, 3.05) is 0 Å². The maximum atomic E-state index is 11.8. The molecule has 0 fully saturated rings. The molecule has 2 rings (SSSR count). The topological polar surface area (TPSA) is 93.1 Å². The van der Waals surface area contributed by atoms with E-state index in [4.69, 9.17) is 9.47 Å². The molecular weight excluding hydrogens is 338 g/mol. The molecular formula is C15H16O6P2. The van der Waals surface area contributed by atoms with E-state index >= 15 is 0 Å². The molecule has 0 saturated heterocycles. The monoisotopic (exact) mass is 354 g/mol. The summed E-state index contributed by atoms with van der Waals surface area (Å²) < 4.78 is 33.7. The lowest BCUT2D eigenvalue weighted by Crippen LogP contribution is -2.29. The normalized spacial score (nSPS) is 12.4. The van der Waals surface area contributed by atoms with Gasteiger partial charge in [0.25, 0.3) is 0 Å². The molecule has 0 radical (unpaired) electrons. The van der Waals surface area contributed by atoms with Crippen molar-refractivity contribution in [2.24, 2.45) is 0 Å². The van der Waals surface area contributed by atoms with Crippen molar-refractivity contribution >= 4 is 16.1 Å². The summed E-state index contributed by atoms with van der Waals surface area (Å²) in [5.41, 5.74) is 1.36. The van der Waals surface area contributed by atoms with Gasteiger partial charge in [-0.15, -0.1) is 0 Å². The van der Waals surface area contributed by atoms with E-state index in [1.165, 1.54) is 0 Å². The first-order valence-electron chi connectivity index (χ1n) is 6.73. The van der Waals surface area contributed by atoms with Gasteiger partial charge >= 0.3 is 12.9 Å². The zero-order valence-electron chi connectivity index (χ0n) is 12.1. The minimum absolute atomic E-state index is 0.143. The lowest BCUT2D eigenvalue weighted by molar-refractivity contribution is -0.145. The molecule has 0 atom stereocenters. The minimum atomic E-state index is -4.95. The zero-order valence-corrected chi connectivity index (χ0v) is 13.9. The molecule has 2 aromatic carbocycles. The molecule has 2 N–H and O–H groups in total. The standard InChI is InChI=1S/C15H16O6P2/c16-22-15(23(17,18)19,20-11-13-7-3-1-4-8-13)21-12-14-9-5-2-6-10-14/h1-10H,11-12H2,(H2,17,18,19). The summed E-state index contributed by atoms with van der Waals surface area (Å²) in [5, 5.41) is -2.53. The van der Waals surface area contributed by atoms with Crippen LogP contribution in [0.5, 0.6) is 0 Å². The van der Waals surface area contributed by atoms with Gasteiger partial charge in [0.05, 0.1) is 13.2 Å². The number of rotatable bonds is 8. The van der Waals surface area contributed by atoms with Crippen molar-refractivity contribution in [3.05, 3.63) is 71.8 Å². The number of hydrogen-bond donors (Lipinski definition) is 2. The van der Waals surface area contributed by atoms with Crippen molar-refractivity contribution in [2.45, 2.75) is 18.5 Å². The van der Waals surface area contributed by atoms with Crippen LogP contribution in [0.15, 0.2) is 60.7 Å². The SMILES string of the molecule is O=PC(OCc1ccccc1)(OCc1ccccc1)P(=O)(O)O. The van der Waals surface area contributed by atoms with E-state index in [0.29, 0.717) is 11.1 Å². The molecule has 0 spiro atoms. The molecule has 23 heavy (non-hydrogen) atoms. The Labute approximate surface area is 135 Å². The summed E-state index contributed by atoms with van der Waals surface area (Å²) in [6.07, 6.45) is 0. The highest BCUT2D eigenvalue weighted by Gasteiger charge is 2.52. The van der Waals surface area contributed by atoms with Crippen LogP contribution in [0, 0.1) is 0 Å². The van der Waals surface area contributed by atoms with Crippen LogP contribution in [0.3, 0.4) is 0 Å². The van der Waals surface area contributed by atoms with Crippen LogP contribution in [0.4, 0.5) is 0 Å². The van der Waals surface area contributed by atoms with Crippen LogP contribution >= 0.6 is 16.1 Å². The van der Waals surface area contributed by atoms with E-state index in [2.05, 4.69) is 0 Å². The molecule has 0 saturated carbocycles. The molecule has 0 unspecified atom stereocenters. The van der Waals surface area contributed by atoms with E-state index in [0.717, 1.165) is 0 Å². The molecule has 8 heteroatoms. The van der Waals surface area contributed by atoms with Crippen LogP contribution in [-0.2, 0) is 31.8 Å². The largest absolute Gasteiger partial charge is 0.397 e. The summed E-state index contributed by atoms with van der Waals surface area (Å²) in [7, 11) is -5.89. The number of hydrogen-bond acceptors (Lipinski definition) is 4. The van der Waals surface area contributed by atoms with E-state index in [-0.39, 0.29) is 13.2 Å². The molecule has 0 heterocycles. The summed E-state index contributed by atoms with van der Waals surface area (Å²) in [6, 6.07) is 17.6. The van der Waals surface area contributed by atoms with Crippen LogP contribution in [0.2, 0.25) is 0 Å². The second kappa shape index (κ2) is 7.93. The quantitative estimate of drug-likeness (QED) is 0.557. The Balaban J connectivity index is 2.15. The van der Waals surface area contributed by atoms with Crippen molar-refractivity contribution < 1.29 is 28.4 Å². The van der Waals surface area contributed by atoms with Gasteiger partial charge in [-0.2, -0.15) is 0 Å². The predicted molar refractivity (Wildman–Crippen MR) is 84.8 cm³/mol. The Kier molecular flexibility index (Phi) is 6.19. The highest BCUT2D eigenvalue weighted by Crippen LogP contribution is 2.58. The van der Waals surface area contributed by atoms with Gasteiger partial charge < -0.3 is 19.3 Å². The Morgan fingerprint density at radius 3 is 1.57 bits per heavy atom. The Bertz CT molecular complexity index is 627. The van der Waals surface area contributed by atoms with Gasteiger partial charge in [-0.3, -0.25) is 9.13 Å². The Morgan fingerprint density at radius 2 is 1.26 bits per heavy atom. The smallest absolute Gasteiger partial charge is 0.326 e. The molecule has 0 aromatic heterocycles. The lowest BCUT2D eigenvalue weighted by atomic mass is 10.2. The lowest BCUT2D eigenvalue weighted by Gasteiger charge is -2.27. The Morgan fingerprint density at radius 1 is 0.870 bits per heavy atom. The maximum absolute atomic E-state index is 11.8. The molecule has 122 valence electrons. The van der Waals surface area contributed by atoms with Crippen LogP contribution in [0.1, 0.15) is 11.1 Å². The third-order valence-electron chi connectivity index (χ3n) is 3.02. The molecule has 0 bridgehead atoms. The van der Waals surface area contributed by atoms with E-state index in [1.807, 2.05) is 0 Å². The van der Waals surface area contributed by atoms with Gasteiger partial charge in [-0.1, -0.05) is 60.7 Å². The van der Waals surface area contributed by atoms with Crippen molar-refractivity contribution in [3.63, 3.8) is 0 Å². The fourth-order valence-electron chi connectivity index (χ4n) is 1.82. The third kappa shape index (κ3) is 4.79. The average Bonchev–Trinajstić information content (AvgIpc) is 2.56. The predicted octanol–water partition coefficient (Wildman–Crippen LogP) is 3.50. The van der Waals surface area contributed by atoms with E-state index < -0.39 is 21.3 Å². The van der Waals surface area contributed by atoms with Gasteiger partial charge in [-0.05, 0) is 11.1 Å². The number of ether oxygens (including phenoxy) is 2. The van der Waals surface area contributed by atoms with Crippen molar-refractivity contribution in [1.29, 1.82) is 0 Å². The van der Waals surface area contributed by atoms with Gasteiger partial charge in [-0.25, -0.2) is 0 Å². The average molecular weight is 354 g/mol. The van der Waals surface area contributed by atoms with Crippen LogP contribution in [0.25, 0.3) is 0 Å². The third-order valence-corrected chi connectivity index (χ3v) is 5.53. The minimum Gasteiger partial charge on any atom is -0.326 e. The van der Waals surface area contributed by atoms with Crippen molar-refractivity contribution in [1.82, 2.24) is 0 Å². The maximum Gasteiger partial charge on any atom is 0.397 e. The number of benzene rings is 2. The first-order valence-corrected chi connectivity index (χ1v) is 9.15. The second-order valence-corrected chi connectivity index (χ2v) is 7.53. The highest BCUT2D eigenvalue weighted by molar-refractivity contribution is 7.62. The summed E-state index contributed by atoms with van der Waals surface area (Å²) in [4.78, 5) is 19.1. The van der Waals surface area contributed by atoms with E-state index in [1.54, 1.807) is 60.7 Å². The Hall–Kier alpha value is -1.39. The zero-order chi connectivity index (χ0) is 16.8. The fraction of sp³-hybridized carbons (Fsp3) is 0.200. The summed E-state index contributed by atoms with van der Waals surface area (Å²) in [5.74, 6) is 0. The summed E-state index contributed by atoms with van der Waals surface area (Å²) in [6.45, 7) is -0.286. The molecule has 0 aliphatic heterocycles. The first-order chi connectivity index (χ1) is 11.0. The van der Waals surface area contributed by atoms with Gasteiger partial charge in [0, 0.05) is 0 Å². The fourth-order valence-corrected chi connectivity index (χ4v) is 2.94. The highest BCUT2D eigenvalue weighted by atomic mass is 31.2. The van der Waals surface area contributed by atoms with Gasteiger partial charge in [0.2, 0.25) is 8.46 Å². The molecule has 2 aromatic rings. The second-order valence-electron chi connectivity index (χ2n) is 4.73. The van der Waals surface area contributed by atoms with Crippen molar-refractivity contribution in [3.8, 4) is 0 Å². The summed E-state index contributed by atoms with van der Waals surface area (Å²) >= 11 is 0. The first kappa shape index (κ1) is 18.0. The molecule has 6 nitrogen and oxygen atoms in total. The molecule has 0 aliphatic carbocycles.